The number of para-hydroxylation sites is 5. The van der Waals surface area contributed by atoms with Gasteiger partial charge in [0.2, 0.25) is 0 Å². The van der Waals surface area contributed by atoms with Crippen molar-refractivity contribution in [1.82, 2.24) is 0 Å². The maximum atomic E-state index is 7.35. The van der Waals surface area contributed by atoms with Gasteiger partial charge < -0.3 is 28.5 Å². The van der Waals surface area contributed by atoms with Crippen LogP contribution in [0.3, 0.4) is 0 Å². The number of anilines is 8. The lowest BCUT2D eigenvalue weighted by molar-refractivity contribution is 0.360. The second-order valence-corrected chi connectivity index (χ2v) is 23.7. The maximum absolute atomic E-state index is 7.35. The second kappa shape index (κ2) is 18.4. The molecule has 390 valence electrons. The quantitative estimate of drug-likeness (QED) is 0.148. The third-order valence-corrected chi connectivity index (χ3v) is 16.6. The average molecular weight is 1050 g/mol. The Labute approximate surface area is 473 Å². The van der Waals surface area contributed by atoms with Crippen molar-refractivity contribution in [2.75, 3.05) is 14.6 Å². The Balaban J connectivity index is 1.11. The highest BCUT2D eigenvalue weighted by molar-refractivity contribution is 6.94. The van der Waals surface area contributed by atoms with Crippen LogP contribution in [-0.4, -0.2) is 6.85 Å². The Morgan fingerprint density at radius 2 is 0.889 bits per heavy atom. The molecule has 15 rings (SSSR count). The van der Waals surface area contributed by atoms with Crippen LogP contribution in [0.4, 0.5) is 45.5 Å². The number of hydrogen-bond donors (Lipinski definition) is 0. The molecule has 81 heavy (non-hydrogen) atoms. The van der Waals surface area contributed by atoms with Crippen molar-refractivity contribution in [3.63, 3.8) is 0 Å². The van der Waals surface area contributed by atoms with Gasteiger partial charge >= 0.3 is 6.85 Å². The summed E-state index contributed by atoms with van der Waals surface area (Å²) in [4.78, 5) is 7.49. The number of fused-ring (bicyclic) bond motifs is 10. The number of furan rings is 1. The smallest absolute Gasteiger partial charge is 0.333 e. The number of nitrogens with zero attached hydrogens (tertiary/aromatic N) is 3. The molecule has 0 aliphatic carbocycles. The zero-order valence-electron chi connectivity index (χ0n) is 46.2. The van der Waals surface area contributed by atoms with Gasteiger partial charge in [0.05, 0.1) is 5.69 Å². The van der Waals surface area contributed by atoms with Crippen molar-refractivity contribution in [2.45, 2.75) is 52.4 Å². The number of hydrogen-bond acceptors (Lipinski definition) is 6. The molecule has 1 aromatic heterocycles. The molecule has 0 unspecified atom stereocenters. The van der Waals surface area contributed by atoms with E-state index in [-0.39, 0.29) is 10.8 Å². The van der Waals surface area contributed by atoms with Gasteiger partial charge in [-0.1, -0.05) is 181 Å². The summed E-state index contributed by atoms with van der Waals surface area (Å²) in [5.74, 6) is 2.66. The second-order valence-electron chi connectivity index (χ2n) is 23.7. The summed E-state index contributed by atoms with van der Waals surface area (Å²) in [6.45, 7) is 13.4. The molecule has 3 aliphatic rings. The first-order valence-electron chi connectivity index (χ1n) is 28.1. The van der Waals surface area contributed by atoms with Gasteiger partial charge in [-0.25, -0.2) is 0 Å². The van der Waals surface area contributed by atoms with E-state index in [0.717, 1.165) is 112 Å². The van der Waals surface area contributed by atoms with Crippen LogP contribution in [-0.2, 0) is 10.8 Å². The van der Waals surface area contributed by atoms with Crippen molar-refractivity contribution in [3.05, 3.63) is 254 Å². The van der Waals surface area contributed by atoms with Crippen LogP contribution in [0.25, 0.3) is 55.3 Å². The molecule has 7 heteroatoms. The first-order chi connectivity index (χ1) is 39.4. The molecule has 6 nitrogen and oxygen atoms in total. The summed E-state index contributed by atoms with van der Waals surface area (Å²) in [6.07, 6.45) is 0. The molecule has 0 spiro atoms. The molecule has 0 N–H and O–H groups in total. The van der Waals surface area contributed by atoms with Gasteiger partial charge in [0, 0.05) is 78.9 Å². The SMILES string of the molecule is CC(C)(C)c1ccc(N2B3c4cc5c(cc4N(c4ccc(C(C)(C)C)cc4-c4ccccc4)c4cc6c(oc7ccccc76)c(c43)-c3cc(N(c4ccccc4)c4ccccc4)ccc32)Oc2ccccc2O5)c(-c2ccccc2)c1. The van der Waals surface area contributed by atoms with E-state index in [4.69, 9.17) is 13.9 Å². The van der Waals surface area contributed by atoms with Crippen LogP contribution in [0.2, 0.25) is 0 Å². The lowest BCUT2D eigenvalue weighted by Gasteiger charge is -2.47. The highest BCUT2D eigenvalue weighted by Crippen LogP contribution is 2.56. The van der Waals surface area contributed by atoms with E-state index in [1.165, 1.54) is 11.1 Å². The molecular formula is C74H58BN3O3. The van der Waals surface area contributed by atoms with E-state index in [9.17, 15) is 0 Å². The molecule has 0 saturated carbocycles. The fraction of sp³-hybridized carbons (Fsp3) is 0.108. The molecule has 0 radical (unpaired) electrons. The summed E-state index contributed by atoms with van der Waals surface area (Å²) in [5, 5.41) is 2.09. The van der Waals surface area contributed by atoms with Crippen molar-refractivity contribution in [2.24, 2.45) is 0 Å². The summed E-state index contributed by atoms with van der Waals surface area (Å²) in [5.41, 5.74) is 21.1. The molecule has 0 amide bonds. The highest BCUT2D eigenvalue weighted by atomic mass is 16.6. The van der Waals surface area contributed by atoms with Gasteiger partial charge in [0.15, 0.2) is 23.0 Å². The van der Waals surface area contributed by atoms with Gasteiger partial charge in [-0.2, -0.15) is 0 Å². The van der Waals surface area contributed by atoms with Crippen LogP contribution >= 0.6 is 0 Å². The predicted octanol–water partition coefficient (Wildman–Crippen LogP) is 19.6. The minimum atomic E-state index is -0.417. The predicted molar refractivity (Wildman–Crippen MR) is 337 cm³/mol. The van der Waals surface area contributed by atoms with Crippen molar-refractivity contribution in [3.8, 4) is 56.4 Å². The molecule has 0 saturated heterocycles. The zero-order valence-corrected chi connectivity index (χ0v) is 46.2. The topological polar surface area (TPSA) is 41.3 Å². The van der Waals surface area contributed by atoms with E-state index in [1.54, 1.807) is 0 Å². The van der Waals surface area contributed by atoms with Gasteiger partial charge in [0.1, 0.15) is 11.2 Å². The number of ether oxygens (including phenoxy) is 2. The Hall–Kier alpha value is -9.72. The minimum Gasteiger partial charge on any atom is -0.455 e. The largest absolute Gasteiger partial charge is 0.455 e. The Morgan fingerprint density at radius 1 is 0.383 bits per heavy atom. The van der Waals surface area contributed by atoms with Crippen LogP contribution < -0.4 is 35.0 Å². The van der Waals surface area contributed by atoms with Crippen molar-refractivity contribution < 1.29 is 13.9 Å². The van der Waals surface area contributed by atoms with E-state index in [2.05, 4.69) is 275 Å². The van der Waals surface area contributed by atoms with E-state index < -0.39 is 6.85 Å². The van der Waals surface area contributed by atoms with Crippen molar-refractivity contribution >= 4 is 85.2 Å². The van der Waals surface area contributed by atoms with E-state index in [1.807, 2.05) is 24.3 Å². The van der Waals surface area contributed by atoms with Crippen LogP contribution in [0.1, 0.15) is 52.7 Å². The summed E-state index contributed by atoms with van der Waals surface area (Å²) in [6, 6.07) is 87.7. The van der Waals surface area contributed by atoms with Gasteiger partial charge in [-0.15, -0.1) is 0 Å². The van der Waals surface area contributed by atoms with Crippen molar-refractivity contribution in [1.29, 1.82) is 0 Å². The Morgan fingerprint density at radius 3 is 1.49 bits per heavy atom. The lowest BCUT2D eigenvalue weighted by Crippen LogP contribution is -2.61. The third-order valence-electron chi connectivity index (χ3n) is 16.6. The van der Waals surface area contributed by atoms with Gasteiger partial charge in [-0.05, 0) is 141 Å². The van der Waals surface area contributed by atoms with Crippen LogP contribution in [0.15, 0.2) is 247 Å². The third kappa shape index (κ3) is 7.93. The molecule has 11 aromatic carbocycles. The molecule has 0 bridgehead atoms. The van der Waals surface area contributed by atoms with Gasteiger partial charge in [-0.3, -0.25) is 0 Å². The Kier molecular flexibility index (Phi) is 11.0. The summed E-state index contributed by atoms with van der Waals surface area (Å²) in [7, 11) is 0. The molecule has 0 fully saturated rings. The molecule has 4 heterocycles. The first-order valence-corrected chi connectivity index (χ1v) is 28.1. The van der Waals surface area contributed by atoms with E-state index >= 15 is 0 Å². The number of benzene rings is 11. The molecule has 0 atom stereocenters. The van der Waals surface area contributed by atoms with E-state index in [0.29, 0.717) is 23.0 Å². The number of rotatable bonds is 7. The molecule has 12 aromatic rings. The first kappa shape index (κ1) is 48.4. The fourth-order valence-corrected chi connectivity index (χ4v) is 12.6. The van der Waals surface area contributed by atoms with Crippen LogP contribution in [0, 0.1) is 0 Å². The highest BCUT2D eigenvalue weighted by Gasteiger charge is 2.49. The monoisotopic (exact) mass is 1050 g/mol. The maximum Gasteiger partial charge on any atom is 0.333 e. The van der Waals surface area contributed by atoms with Crippen LogP contribution in [0.5, 0.6) is 23.0 Å². The summed E-state index contributed by atoms with van der Waals surface area (Å²) >= 11 is 0. The standard InChI is InChI=1S/C74H58BN3O3/c1-73(2,3)49-35-38-60(55(41-49)47-23-11-7-12-24-47)77-63-46-69-68(79-66-33-21-22-34-67(66)80-69)45-59(63)75-71-64(77)44-57-54-31-19-20-32-65(54)81-72(57)70(71)58-43-53(76(51-27-15-9-16-28-51)52-29-17-10-18-30-52)37-40-62(58)78(75)61-39-36-50(74(4,5)6)42-56(61)48-25-13-8-14-26-48/h7-46H,1-6H3. The minimum absolute atomic E-state index is 0.118. The normalized spacial score (nSPS) is 13.2. The Bertz CT molecular complexity index is 4410. The fourth-order valence-electron chi connectivity index (χ4n) is 12.6. The average Bonchev–Trinajstić information content (AvgIpc) is 2.86. The lowest BCUT2D eigenvalue weighted by atomic mass is 9.43. The molecule has 3 aliphatic heterocycles. The molecular weight excluding hydrogens is 990 g/mol. The summed E-state index contributed by atoms with van der Waals surface area (Å²) < 4.78 is 21.2. The zero-order chi connectivity index (χ0) is 54.7. The van der Waals surface area contributed by atoms with Gasteiger partial charge in [0.25, 0.3) is 0 Å².